The third-order valence-corrected chi connectivity index (χ3v) is 3.62. The molecule has 4 nitrogen and oxygen atoms in total. The van der Waals surface area contributed by atoms with Crippen LogP contribution >= 0.6 is 0 Å². The summed E-state index contributed by atoms with van der Waals surface area (Å²) in [6, 6.07) is 19.0. The lowest BCUT2D eigenvalue weighted by Gasteiger charge is -2.18. The van der Waals surface area contributed by atoms with E-state index >= 15 is 0 Å². The SMILES string of the molecule is O=C(O)/C=C(/C(=O)O)C(Cc1ccccc1)Cc1ccccc1. The molecule has 0 bridgehead atoms. The van der Waals surface area contributed by atoms with Crippen molar-refractivity contribution in [3.05, 3.63) is 83.4 Å². The predicted octanol–water partition coefficient (Wildman–Crippen LogP) is 3.18. The van der Waals surface area contributed by atoms with Crippen molar-refractivity contribution in [2.24, 2.45) is 5.92 Å². The first kappa shape index (κ1) is 16.5. The second-order valence-corrected chi connectivity index (χ2v) is 5.32. The number of hydrogen-bond acceptors (Lipinski definition) is 2. The van der Waals surface area contributed by atoms with E-state index < -0.39 is 17.9 Å². The summed E-state index contributed by atoms with van der Waals surface area (Å²) >= 11 is 0. The van der Waals surface area contributed by atoms with E-state index in [2.05, 4.69) is 0 Å². The third-order valence-electron chi connectivity index (χ3n) is 3.62. The second kappa shape index (κ2) is 7.94. The summed E-state index contributed by atoms with van der Waals surface area (Å²) in [6.45, 7) is 0. The summed E-state index contributed by atoms with van der Waals surface area (Å²) in [6.07, 6.45) is 1.75. The number of carboxylic acids is 2. The van der Waals surface area contributed by atoms with Crippen LogP contribution in [0.4, 0.5) is 0 Å². The first-order chi connectivity index (χ1) is 11.1. The van der Waals surface area contributed by atoms with Crippen LogP contribution in [0.5, 0.6) is 0 Å². The first-order valence-electron chi connectivity index (χ1n) is 7.32. The molecule has 0 spiro atoms. The van der Waals surface area contributed by atoms with E-state index in [4.69, 9.17) is 5.11 Å². The van der Waals surface area contributed by atoms with Crippen molar-refractivity contribution in [3.8, 4) is 0 Å². The average molecular weight is 310 g/mol. The maximum absolute atomic E-state index is 11.5. The van der Waals surface area contributed by atoms with Gasteiger partial charge in [0.15, 0.2) is 0 Å². The summed E-state index contributed by atoms with van der Waals surface area (Å²) in [5.74, 6) is -2.84. The van der Waals surface area contributed by atoms with Crippen LogP contribution in [0.15, 0.2) is 72.3 Å². The predicted molar refractivity (Wildman–Crippen MR) is 87.1 cm³/mol. The molecule has 2 N–H and O–H groups in total. The van der Waals surface area contributed by atoms with Gasteiger partial charge in [0.25, 0.3) is 0 Å². The molecule has 0 aromatic heterocycles. The maximum Gasteiger partial charge on any atom is 0.332 e. The molecule has 0 atom stereocenters. The lowest BCUT2D eigenvalue weighted by atomic mass is 9.86. The molecular weight excluding hydrogens is 292 g/mol. The number of rotatable bonds is 7. The molecular formula is C19H18O4. The maximum atomic E-state index is 11.5. The molecule has 0 aliphatic carbocycles. The zero-order valence-electron chi connectivity index (χ0n) is 12.6. The molecule has 0 aliphatic heterocycles. The Morgan fingerprint density at radius 1 is 0.826 bits per heavy atom. The third kappa shape index (κ3) is 5.11. The summed E-state index contributed by atoms with van der Waals surface area (Å²) in [7, 11) is 0. The summed E-state index contributed by atoms with van der Waals surface area (Å²) in [5.41, 5.74) is 1.88. The molecule has 0 saturated heterocycles. The van der Waals surface area contributed by atoms with Gasteiger partial charge in [-0.25, -0.2) is 9.59 Å². The Balaban J connectivity index is 2.33. The normalized spacial score (nSPS) is 11.4. The number of aliphatic carboxylic acids is 2. The van der Waals surface area contributed by atoms with Gasteiger partial charge in [0, 0.05) is 11.6 Å². The fourth-order valence-electron chi connectivity index (χ4n) is 2.58. The molecule has 0 heterocycles. The Kier molecular flexibility index (Phi) is 5.69. The topological polar surface area (TPSA) is 74.6 Å². The minimum Gasteiger partial charge on any atom is -0.478 e. The first-order valence-corrected chi connectivity index (χ1v) is 7.32. The summed E-state index contributed by atoms with van der Waals surface area (Å²) in [5, 5.41) is 18.4. The minimum absolute atomic E-state index is 0.0785. The van der Waals surface area contributed by atoms with E-state index in [1.165, 1.54) is 0 Å². The fourth-order valence-corrected chi connectivity index (χ4v) is 2.58. The van der Waals surface area contributed by atoms with Crippen LogP contribution in [0.25, 0.3) is 0 Å². The highest BCUT2D eigenvalue weighted by atomic mass is 16.4. The van der Waals surface area contributed by atoms with Crippen molar-refractivity contribution in [1.82, 2.24) is 0 Å². The molecule has 23 heavy (non-hydrogen) atoms. The van der Waals surface area contributed by atoms with Gasteiger partial charge in [-0.2, -0.15) is 0 Å². The monoisotopic (exact) mass is 310 g/mol. The molecule has 2 aromatic carbocycles. The van der Waals surface area contributed by atoms with Crippen molar-refractivity contribution >= 4 is 11.9 Å². The Labute approximate surface area is 134 Å². The van der Waals surface area contributed by atoms with Crippen molar-refractivity contribution in [1.29, 1.82) is 0 Å². The van der Waals surface area contributed by atoms with E-state index in [0.717, 1.165) is 17.2 Å². The minimum atomic E-state index is -1.24. The van der Waals surface area contributed by atoms with Crippen LogP contribution in [-0.4, -0.2) is 22.2 Å². The van der Waals surface area contributed by atoms with Crippen molar-refractivity contribution < 1.29 is 19.8 Å². The molecule has 2 aromatic rings. The number of carboxylic acid groups (broad SMARTS) is 2. The van der Waals surface area contributed by atoms with Gasteiger partial charge in [0.2, 0.25) is 0 Å². The van der Waals surface area contributed by atoms with E-state index in [0.29, 0.717) is 12.8 Å². The van der Waals surface area contributed by atoms with Crippen molar-refractivity contribution in [2.75, 3.05) is 0 Å². The lowest BCUT2D eigenvalue weighted by molar-refractivity contribution is -0.135. The van der Waals surface area contributed by atoms with Gasteiger partial charge in [0.1, 0.15) is 0 Å². The summed E-state index contributed by atoms with van der Waals surface area (Å²) < 4.78 is 0. The number of carbonyl (C=O) groups is 2. The van der Waals surface area contributed by atoms with E-state index in [9.17, 15) is 14.7 Å². The molecule has 0 fully saturated rings. The van der Waals surface area contributed by atoms with Crippen molar-refractivity contribution in [3.63, 3.8) is 0 Å². The van der Waals surface area contributed by atoms with Crippen molar-refractivity contribution in [2.45, 2.75) is 12.8 Å². The average Bonchev–Trinajstić information content (AvgIpc) is 2.53. The van der Waals surface area contributed by atoms with E-state index in [1.54, 1.807) is 0 Å². The Bertz CT molecular complexity index is 648. The smallest absolute Gasteiger partial charge is 0.332 e. The van der Waals surface area contributed by atoms with Crippen LogP contribution < -0.4 is 0 Å². The molecule has 0 aliphatic rings. The summed E-state index contributed by atoms with van der Waals surface area (Å²) in [4.78, 5) is 22.5. The zero-order chi connectivity index (χ0) is 16.7. The fraction of sp³-hybridized carbons (Fsp3) is 0.158. The molecule has 0 amide bonds. The van der Waals surface area contributed by atoms with Crippen LogP contribution in [0.2, 0.25) is 0 Å². The number of benzene rings is 2. The van der Waals surface area contributed by atoms with Gasteiger partial charge in [-0.15, -0.1) is 0 Å². The molecule has 0 unspecified atom stereocenters. The van der Waals surface area contributed by atoms with E-state index in [1.807, 2.05) is 60.7 Å². The standard InChI is InChI=1S/C19H18O4/c20-18(21)13-17(19(22)23)16(11-14-7-3-1-4-8-14)12-15-9-5-2-6-10-15/h1-10,13,16H,11-12H2,(H,20,21)(H,22,23)/b17-13+. The van der Waals surface area contributed by atoms with Crippen LogP contribution in [0, 0.1) is 5.92 Å². The quantitative estimate of drug-likeness (QED) is 0.770. The van der Waals surface area contributed by atoms with E-state index in [-0.39, 0.29) is 5.57 Å². The molecule has 4 heteroatoms. The Morgan fingerprint density at radius 2 is 1.26 bits per heavy atom. The van der Waals surface area contributed by atoms with Gasteiger partial charge < -0.3 is 10.2 Å². The second-order valence-electron chi connectivity index (χ2n) is 5.32. The highest BCUT2D eigenvalue weighted by Gasteiger charge is 2.22. The number of hydrogen-bond donors (Lipinski definition) is 2. The molecule has 0 radical (unpaired) electrons. The molecule has 0 saturated carbocycles. The lowest BCUT2D eigenvalue weighted by Crippen LogP contribution is -2.19. The Hall–Kier alpha value is -2.88. The zero-order valence-corrected chi connectivity index (χ0v) is 12.6. The van der Waals surface area contributed by atoms with Gasteiger partial charge in [-0.3, -0.25) is 0 Å². The van der Waals surface area contributed by atoms with Crippen LogP contribution in [0.3, 0.4) is 0 Å². The highest BCUT2D eigenvalue weighted by Crippen LogP contribution is 2.22. The van der Waals surface area contributed by atoms with Gasteiger partial charge in [-0.05, 0) is 29.9 Å². The van der Waals surface area contributed by atoms with Gasteiger partial charge in [0.05, 0.1) is 0 Å². The Morgan fingerprint density at radius 3 is 1.61 bits per heavy atom. The molecule has 118 valence electrons. The highest BCUT2D eigenvalue weighted by molar-refractivity contribution is 5.95. The van der Waals surface area contributed by atoms with Gasteiger partial charge in [-0.1, -0.05) is 60.7 Å². The van der Waals surface area contributed by atoms with Gasteiger partial charge >= 0.3 is 11.9 Å². The van der Waals surface area contributed by atoms with Crippen LogP contribution in [-0.2, 0) is 22.4 Å². The van der Waals surface area contributed by atoms with Crippen LogP contribution in [0.1, 0.15) is 11.1 Å². The molecule has 2 rings (SSSR count). The largest absolute Gasteiger partial charge is 0.478 e.